The maximum absolute atomic E-state index is 12.8. The SMILES string of the molecule is COc1ccc(C(=O)N(C)C2CCNC2)c2ccccc12. The molecule has 0 saturated carbocycles. The van der Waals surface area contributed by atoms with Gasteiger partial charge in [0.15, 0.2) is 0 Å². The predicted octanol–water partition coefficient (Wildman–Crippen LogP) is 2.28. The van der Waals surface area contributed by atoms with Crippen LogP contribution in [0, 0.1) is 0 Å². The fraction of sp³-hybridized carbons (Fsp3) is 0.353. The minimum Gasteiger partial charge on any atom is -0.496 e. The van der Waals surface area contributed by atoms with Crippen molar-refractivity contribution in [3.05, 3.63) is 42.0 Å². The van der Waals surface area contributed by atoms with Crippen molar-refractivity contribution in [3.8, 4) is 5.75 Å². The van der Waals surface area contributed by atoms with Crippen molar-refractivity contribution in [2.24, 2.45) is 0 Å². The molecule has 21 heavy (non-hydrogen) atoms. The monoisotopic (exact) mass is 284 g/mol. The van der Waals surface area contributed by atoms with Crippen molar-refractivity contribution >= 4 is 16.7 Å². The average Bonchev–Trinajstić information content (AvgIpc) is 3.07. The summed E-state index contributed by atoms with van der Waals surface area (Å²) in [7, 11) is 3.54. The molecular weight excluding hydrogens is 264 g/mol. The molecule has 0 radical (unpaired) electrons. The van der Waals surface area contributed by atoms with E-state index in [0.29, 0.717) is 0 Å². The topological polar surface area (TPSA) is 41.6 Å². The number of nitrogens with zero attached hydrogens (tertiary/aromatic N) is 1. The molecule has 1 atom stereocenters. The predicted molar refractivity (Wildman–Crippen MR) is 83.9 cm³/mol. The largest absolute Gasteiger partial charge is 0.496 e. The van der Waals surface area contributed by atoms with Crippen LogP contribution in [0.4, 0.5) is 0 Å². The second-order valence-electron chi connectivity index (χ2n) is 5.42. The lowest BCUT2D eigenvalue weighted by Gasteiger charge is -2.24. The van der Waals surface area contributed by atoms with E-state index in [1.807, 2.05) is 48.3 Å². The quantitative estimate of drug-likeness (QED) is 0.940. The summed E-state index contributed by atoms with van der Waals surface area (Å²) in [6.45, 7) is 1.85. The highest BCUT2D eigenvalue weighted by Crippen LogP contribution is 2.29. The van der Waals surface area contributed by atoms with Gasteiger partial charge in [0.2, 0.25) is 0 Å². The van der Waals surface area contributed by atoms with Gasteiger partial charge in [-0.1, -0.05) is 24.3 Å². The van der Waals surface area contributed by atoms with E-state index >= 15 is 0 Å². The molecule has 0 spiro atoms. The summed E-state index contributed by atoms with van der Waals surface area (Å²) in [5.41, 5.74) is 0.737. The van der Waals surface area contributed by atoms with E-state index in [2.05, 4.69) is 5.32 Å². The van der Waals surface area contributed by atoms with Gasteiger partial charge in [-0.2, -0.15) is 0 Å². The van der Waals surface area contributed by atoms with Gasteiger partial charge < -0.3 is 15.0 Å². The van der Waals surface area contributed by atoms with Gasteiger partial charge in [-0.05, 0) is 30.5 Å². The lowest BCUT2D eigenvalue weighted by atomic mass is 10.0. The van der Waals surface area contributed by atoms with Crippen LogP contribution < -0.4 is 10.1 Å². The van der Waals surface area contributed by atoms with Gasteiger partial charge in [0.25, 0.3) is 5.91 Å². The van der Waals surface area contributed by atoms with Gasteiger partial charge in [0.1, 0.15) is 5.75 Å². The van der Waals surface area contributed by atoms with Crippen LogP contribution in [-0.4, -0.2) is 44.1 Å². The molecule has 1 heterocycles. The number of carbonyl (C=O) groups excluding carboxylic acids is 1. The first-order chi connectivity index (χ1) is 10.2. The number of hydrogen-bond acceptors (Lipinski definition) is 3. The molecule has 0 aromatic heterocycles. The summed E-state index contributed by atoms with van der Waals surface area (Å²) in [6, 6.07) is 11.9. The van der Waals surface area contributed by atoms with Crippen LogP contribution >= 0.6 is 0 Å². The van der Waals surface area contributed by atoms with E-state index in [4.69, 9.17) is 4.74 Å². The Hall–Kier alpha value is -2.07. The zero-order chi connectivity index (χ0) is 14.8. The zero-order valence-electron chi connectivity index (χ0n) is 12.4. The maximum Gasteiger partial charge on any atom is 0.254 e. The summed E-state index contributed by atoms with van der Waals surface area (Å²) >= 11 is 0. The fourth-order valence-electron chi connectivity index (χ4n) is 2.96. The molecule has 2 aromatic carbocycles. The number of ether oxygens (including phenoxy) is 1. The first-order valence-corrected chi connectivity index (χ1v) is 7.26. The number of nitrogens with one attached hydrogen (secondary N) is 1. The van der Waals surface area contributed by atoms with Crippen LogP contribution in [0.15, 0.2) is 36.4 Å². The van der Waals surface area contributed by atoms with Crippen LogP contribution in [0.2, 0.25) is 0 Å². The Morgan fingerprint density at radius 1 is 1.24 bits per heavy atom. The summed E-state index contributed by atoms with van der Waals surface area (Å²) < 4.78 is 5.39. The molecule has 4 heteroatoms. The van der Waals surface area contributed by atoms with Gasteiger partial charge >= 0.3 is 0 Å². The number of amides is 1. The molecule has 3 rings (SSSR count). The lowest BCUT2D eigenvalue weighted by Crippen LogP contribution is -2.38. The minimum atomic E-state index is 0.0718. The van der Waals surface area contributed by atoms with Gasteiger partial charge in [0.05, 0.1) is 7.11 Å². The van der Waals surface area contributed by atoms with Crippen molar-refractivity contribution < 1.29 is 9.53 Å². The van der Waals surface area contributed by atoms with Crippen molar-refractivity contribution in [1.82, 2.24) is 10.2 Å². The van der Waals surface area contributed by atoms with Gasteiger partial charge in [-0.25, -0.2) is 0 Å². The summed E-state index contributed by atoms with van der Waals surface area (Å²) in [5.74, 6) is 0.870. The Morgan fingerprint density at radius 3 is 2.67 bits per heavy atom. The van der Waals surface area contributed by atoms with E-state index < -0.39 is 0 Å². The number of carbonyl (C=O) groups is 1. The Bertz CT molecular complexity index is 663. The smallest absolute Gasteiger partial charge is 0.254 e. The van der Waals surface area contributed by atoms with Crippen LogP contribution in [0.1, 0.15) is 16.8 Å². The third-order valence-corrected chi connectivity index (χ3v) is 4.24. The molecular formula is C17H20N2O2. The van der Waals surface area contributed by atoms with Crippen LogP contribution in [-0.2, 0) is 0 Å². The van der Waals surface area contributed by atoms with E-state index in [-0.39, 0.29) is 11.9 Å². The van der Waals surface area contributed by atoms with E-state index in [9.17, 15) is 4.79 Å². The molecule has 1 fully saturated rings. The zero-order valence-corrected chi connectivity index (χ0v) is 12.4. The fourth-order valence-corrected chi connectivity index (χ4v) is 2.96. The van der Waals surface area contributed by atoms with Crippen molar-refractivity contribution in [1.29, 1.82) is 0 Å². The Kier molecular flexibility index (Phi) is 3.80. The van der Waals surface area contributed by atoms with Gasteiger partial charge in [0, 0.05) is 30.6 Å². The van der Waals surface area contributed by atoms with Crippen LogP contribution in [0.25, 0.3) is 10.8 Å². The standard InChI is InChI=1S/C17H20N2O2/c1-19(12-9-10-18-11-12)17(20)15-7-8-16(21-2)14-6-4-3-5-13(14)15/h3-8,12,18H,9-11H2,1-2H3. The van der Waals surface area contributed by atoms with Crippen molar-refractivity contribution in [2.75, 3.05) is 27.2 Å². The number of fused-ring (bicyclic) bond motifs is 1. The first-order valence-electron chi connectivity index (χ1n) is 7.26. The number of hydrogen-bond donors (Lipinski definition) is 1. The highest BCUT2D eigenvalue weighted by molar-refractivity contribution is 6.08. The van der Waals surface area contributed by atoms with Crippen molar-refractivity contribution in [3.63, 3.8) is 0 Å². The number of methoxy groups -OCH3 is 1. The third-order valence-electron chi connectivity index (χ3n) is 4.24. The number of likely N-dealkylation sites (N-methyl/N-ethyl adjacent to an activating group) is 1. The molecule has 1 aliphatic heterocycles. The van der Waals surface area contributed by atoms with E-state index in [0.717, 1.165) is 41.6 Å². The number of benzene rings is 2. The molecule has 2 aromatic rings. The molecule has 1 amide bonds. The summed E-state index contributed by atoms with van der Waals surface area (Å²) in [5, 5.41) is 5.22. The highest BCUT2D eigenvalue weighted by Gasteiger charge is 2.25. The summed E-state index contributed by atoms with van der Waals surface area (Å²) in [4.78, 5) is 14.7. The highest BCUT2D eigenvalue weighted by atomic mass is 16.5. The van der Waals surface area contributed by atoms with Gasteiger partial charge in [-0.15, -0.1) is 0 Å². The molecule has 1 saturated heterocycles. The van der Waals surface area contributed by atoms with E-state index in [1.165, 1.54) is 0 Å². The van der Waals surface area contributed by atoms with Gasteiger partial charge in [-0.3, -0.25) is 4.79 Å². The molecule has 0 bridgehead atoms. The molecule has 1 unspecified atom stereocenters. The maximum atomic E-state index is 12.8. The lowest BCUT2D eigenvalue weighted by molar-refractivity contribution is 0.0746. The molecule has 4 nitrogen and oxygen atoms in total. The second kappa shape index (κ2) is 5.74. The normalized spacial score (nSPS) is 17.9. The second-order valence-corrected chi connectivity index (χ2v) is 5.42. The molecule has 0 aliphatic carbocycles. The summed E-state index contributed by atoms with van der Waals surface area (Å²) in [6.07, 6.45) is 1.01. The van der Waals surface area contributed by atoms with E-state index in [1.54, 1.807) is 7.11 Å². The molecule has 1 N–H and O–H groups in total. The first kappa shape index (κ1) is 13.9. The van der Waals surface area contributed by atoms with Crippen LogP contribution in [0.3, 0.4) is 0 Å². The number of rotatable bonds is 3. The Morgan fingerprint density at radius 2 is 2.00 bits per heavy atom. The minimum absolute atomic E-state index is 0.0718. The third kappa shape index (κ3) is 2.47. The molecule has 110 valence electrons. The Balaban J connectivity index is 2.02. The Labute approximate surface area is 124 Å². The van der Waals surface area contributed by atoms with Crippen molar-refractivity contribution in [2.45, 2.75) is 12.5 Å². The van der Waals surface area contributed by atoms with Crippen LogP contribution in [0.5, 0.6) is 5.75 Å². The molecule has 1 aliphatic rings. The average molecular weight is 284 g/mol.